The third kappa shape index (κ3) is 348000. The molecule has 9 heavy (non-hydrogen) atoms. The summed E-state index contributed by atoms with van der Waals surface area (Å²) in [5.41, 5.74) is 0. The Morgan fingerprint density at radius 3 is 1.11 bits per heavy atom. The van der Waals surface area contributed by atoms with Gasteiger partial charge < -0.3 is 13.3 Å². The Hall–Kier alpha value is -0.0286. The van der Waals surface area contributed by atoms with E-state index in [-0.39, 0.29) is 51.7 Å². The molecule has 0 aliphatic rings. The fraction of sp³-hybridized carbons (Fsp3) is 0. The molecule has 0 aliphatic carbocycles. The fourth-order valence-electron chi connectivity index (χ4n) is 0. The van der Waals surface area contributed by atoms with Crippen molar-refractivity contribution >= 4 is 48.9 Å². The summed E-state index contributed by atoms with van der Waals surface area (Å²) in [7, 11) is 0. The summed E-state index contributed by atoms with van der Waals surface area (Å²) in [5.74, 6) is 0. The number of hydrogen-bond donors (Lipinski definition) is 2. The van der Waals surface area contributed by atoms with Crippen LogP contribution in [0.4, 0.5) is 0 Å². The standard InChI is InChI=1S/Ba.2HNO3.2H/c;2*2-1(3)4;;/h;2*(H,2,3,4);;/q+2;;;2*-1. The molecule has 0 saturated carbocycles. The summed E-state index contributed by atoms with van der Waals surface area (Å²) in [6, 6.07) is 0. The van der Waals surface area contributed by atoms with E-state index in [1.165, 1.54) is 0 Å². The van der Waals surface area contributed by atoms with E-state index in [2.05, 4.69) is 0 Å². The second kappa shape index (κ2) is 10.9. The van der Waals surface area contributed by atoms with Crippen LogP contribution in [-0.2, 0) is 0 Å². The Balaban J connectivity index is -0.0000000171. The SMILES string of the molecule is O=[N+]([O-])O.O=[N+]([O-])O.[Ba+2].[H-].[H-]. The Labute approximate surface area is 91.7 Å². The smallest absolute Gasteiger partial charge is 1.00 e. The van der Waals surface area contributed by atoms with Crippen LogP contribution in [-0.4, -0.2) is 69.5 Å². The van der Waals surface area contributed by atoms with Gasteiger partial charge in [0.2, 0.25) is 0 Å². The summed E-state index contributed by atoms with van der Waals surface area (Å²) in [4.78, 5) is 16.7. The zero-order valence-electron chi connectivity index (χ0n) is 6.13. The first-order valence-corrected chi connectivity index (χ1v) is 1.13. The van der Waals surface area contributed by atoms with E-state index >= 15 is 0 Å². The largest absolute Gasteiger partial charge is 2.00 e. The summed E-state index contributed by atoms with van der Waals surface area (Å²) in [6.07, 6.45) is 0. The quantitative estimate of drug-likeness (QED) is 0.333. The van der Waals surface area contributed by atoms with E-state index in [0.29, 0.717) is 0 Å². The van der Waals surface area contributed by atoms with Crippen LogP contribution in [0.1, 0.15) is 2.85 Å². The van der Waals surface area contributed by atoms with Gasteiger partial charge in [0, 0.05) is 0 Å². The van der Waals surface area contributed by atoms with Gasteiger partial charge in [-0.2, -0.15) is 0 Å². The molecular formula is H4BaN2O6. The molecular weight excluding hydrogens is 261 g/mol. The van der Waals surface area contributed by atoms with Crippen LogP contribution in [0.15, 0.2) is 0 Å². The van der Waals surface area contributed by atoms with Crippen molar-refractivity contribution in [2.75, 3.05) is 0 Å². The third-order valence-electron chi connectivity index (χ3n) is 0. The van der Waals surface area contributed by atoms with Gasteiger partial charge in [-0.3, -0.25) is 0 Å². The molecule has 0 bridgehead atoms. The van der Waals surface area contributed by atoms with Crippen LogP contribution < -0.4 is 0 Å². The van der Waals surface area contributed by atoms with Crippen LogP contribution in [0.2, 0.25) is 0 Å². The van der Waals surface area contributed by atoms with Crippen LogP contribution in [0.25, 0.3) is 0 Å². The number of hydrogen-bond acceptors (Lipinski definition) is 4. The van der Waals surface area contributed by atoms with Crippen molar-refractivity contribution in [1.29, 1.82) is 0 Å². The molecule has 0 aliphatic heterocycles. The molecule has 0 unspecified atom stereocenters. The van der Waals surface area contributed by atoms with Crippen LogP contribution in [0.3, 0.4) is 0 Å². The molecule has 0 aromatic rings. The average molecular weight is 265 g/mol. The zero-order chi connectivity index (χ0) is 7.15. The fourth-order valence-corrected chi connectivity index (χ4v) is 0. The maximum absolute atomic E-state index is 8.36. The molecule has 52 valence electrons. The number of nitrogens with zero attached hydrogens (tertiary/aromatic N) is 2. The topological polar surface area (TPSA) is 127 Å². The molecule has 0 atom stereocenters. The first-order chi connectivity index (χ1) is 3.46. The predicted octanol–water partition coefficient (Wildman–Crippen LogP) is -0.851. The molecule has 0 heterocycles. The molecule has 2 N–H and O–H groups in total. The van der Waals surface area contributed by atoms with Gasteiger partial charge in [0.25, 0.3) is 10.2 Å². The summed E-state index contributed by atoms with van der Waals surface area (Å²) >= 11 is 0. The van der Waals surface area contributed by atoms with Crippen LogP contribution in [0.5, 0.6) is 0 Å². The second-order valence-electron chi connectivity index (χ2n) is 0.476. The Morgan fingerprint density at radius 1 is 1.11 bits per heavy atom. The van der Waals surface area contributed by atoms with Crippen LogP contribution >= 0.6 is 0 Å². The Morgan fingerprint density at radius 2 is 1.11 bits per heavy atom. The third-order valence-corrected chi connectivity index (χ3v) is 0. The summed E-state index contributed by atoms with van der Waals surface area (Å²) in [5, 5.41) is 27.3. The van der Waals surface area contributed by atoms with Crippen molar-refractivity contribution in [2.24, 2.45) is 0 Å². The van der Waals surface area contributed by atoms with Gasteiger partial charge >= 0.3 is 48.9 Å². The van der Waals surface area contributed by atoms with Gasteiger partial charge in [-0.25, -0.2) is 0 Å². The summed E-state index contributed by atoms with van der Waals surface area (Å²) < 4.78 is 0. The van der Waals surface area contributed by atoms with Gasteiger partial charge in [0.05, 0.1) is 0 Å². The average Bonchev–Trinajstić information content (AvgIpc) is 1.25. The monoisotopic (exact) mass is 266 g/mol. The molecule has 0 aromatic carbocycles. The second-order valence-corrected chi connectivity index (χ2v) is 0.476. The van der Waals surface area contributed by atoms with E-state index < -0.39 is 10.2 Å². The molecule has 0 spiro atoms. The minimum atomic E-state index is -1.50. The molecule has 9 heteroatoms. The zero-order valence-corrected chi connectivity index (χ0v) is 8.57. The van der Waals surface area contributed by atoms with E-state index in [1.54, 1.807) is 0 Å². The van der Waals surface area contributed by atoms with Crippen molar-refractivity contribution in [3.05, 3.63) is 20.2 Å². The van der Waals surface area contributed by atoms with Gasteiger partial charge in [-0.1, -0.05) is 0 Å². The Bertz CT molecular complexity index is 76.6. The van der Waals surface area contributed by atoms with Gasteiger partial charge in [0.15, 0.2) is 0 Å². The van der Waals surface area contributed by atoms with Gasteiger partial charge in [-0.15, -0.1) is 20.2 Å². The summed E-state index contributed by atoms with van der Waals surface area (Å²) in [6.45, 7) is 0. The predicted molar refractivity (Wildman–Crippen MR) is 25.5 cm³/mol. The molecule has 0 saturated heterocycles. The van der Waals surface area contributed by atoms with Crippen LogP contribution in [0, 0.1) is 20.2 Å². The first-order valence-electron chi connectivity index (χ1n) is 1.13. The van der Waals surface area contributed by atoms with E-state index in [9.17, 15) is 0 Å². The molecule has 0 amide bonds. The molecule has 0 radical (unpaired) electrons. The van der Waals surface area contributed by atoms with Gasteiger partial charge in [0.1, 0.15) is 0 Å². The van der Waals surface area contributed by atoms with E-state index in [4.69, 9.17) is 30.6 Å². The molecule has 0 aromatic heterocycles. The minimum absolute atomic E-state index is 0. The maximum Gasteiger partial charge on any atom is 2.00 e. The Kier molecular flexibility index (Phi) is 19.3. The minimum Gasteiger partial charge on any atom is -1.00 e. The molecule has 8 nitrogen and oxygen atoms in total. The first kappa shape index (κ1) is 16.0. The van der Waals surface area contributed by atoms with Crippen molar-refractivity contribution in [2.45, 2.75) is 0 Å². The molecule has 0 rings (SSSR count). The van der Waals surface area contributed by atoms with Crippen molar-refractivity contribution in [1.82, 2.24) is 0 Å². The normalized spacial score (nSPS) is 5.33. The maximum atomic E-state index is 8.36. The van der Waals surface area contributed by atoms with E-state index in [1.807, 2.05) is 0 Å². The van der Waals surface area contributed by atoms with Crippen molar-refractivity contribution in [3.63, 3.8) is 0 Å². The number of rotatable bonds is 0. The van der Waals surface area contributed by atoms with Gasteiger partial charge in [-0.05, 0) is 0 Å². The van der Waals surface area contributed by atoms with Crippen molar-refractivity contribution in [3.8, 4) is 0 Å². The van der Waals surface area contributed by atoms with E-state index in [0.717, 1.165) is 0 Å². The van der Waals surface area contributed by atoms with Crippen molar-refractivity contribution < 1.29 is 23.4 Å². The molecule has 0 fully saturated rings.